The van der Waals surface area contributed by atoms with E-state index >= 15 is 0 Å². The van der Waals surface area contributed by atoms with E-state index in [0.717, 1.165) is 29.5 Å². The fourth-order valence-electron chi connectivity index (χ4n) is 2.80. The second kappa shape index (κ2) is 7.33. The standard InChI is InChI=1S/C17H26ClNO/c1-12(2)15-11-16(18)13(3)10-17(15)20-9-8-19-14-6-4-5-7-14/h10-12,14,19H,4-9H2,1-3H3. The SMILES string of the molecule is Cc1cc(OCCNC2CCCC2)c(C(C)C)cc1Cl. The summed E-state index contributed by atoms with van der Waals surface area (Å²) in [7, 11) is 0. The van der Waals surface area contributed by atoms with Crippen LogP contribution in [0.25, 0.3) is 0 Å². The molecule has 0 radical (unpaired) electrons. The Hall–Kier alpha value is -0.730. The third kappa shape index (κ3) is 4.13. The summed E-state index contributed by atoms with van der Waals surface area (Å²) >= 11 is 6.21. The molecule has 1 aliphatic carbocycles. The molecule has 2 nitrogen and oxygen atoms in total. The van der Waals surface area contributed by atoms with Gasteiger partial charge in [0.05, 0.1) is 0 Å². The van der Waals surface area contributed by atoms with Crippen LogP contribution in [0, 0.1) is 6.92 Å². The average molecular weight is 296 g/mol. The van der Waals surface area contributed by atoms with Crippen molar-refractivity contribution in [3.63, 3.8) is 0 Å². The van der Waals surface area contributed by atoms with Crippen molar-refractivity contribution in [3.8, 4) is 5.75 Å². The lowest BCUT2D eigenvalue weighted by Gasteiger charge is -2.17. The Kier molecular flexibility index (Phi) is 5.74. The molecular formula is C17H26ClNO. The first-order valence-corrected chi connectivity index (χ1v) is 8.12. The quantitative estimate of drug-likeness (QED) is 0.769. The van der Waals surface area contributed by atoms with E-state index in [9.17, 15) is 0 Å². The minimum absolute atomic E-state index is 0.422. The first kappa shape index (κ1) is 15.7. The molecule has 0 spiro atoms. The zero-order chi connectivity index (χ0) is 14.5. The van der Waals surface area contributed by atoms with Crippen molar-refractivity contribution in [1.29, 1.82) is 0 Å². The third-order valence-corrected chi connectivity index (χ3v) is 4.47. The highest BCUT2D eigenvalue weighted by atomic mass is 35.5. The highest BCUT2D eigenvalue weighted by Gasteiger charge is 2.14. The lowest BCUT2D eigenvalue weighted by molar-refractivity contribution is 0.301. The van der Waals surface area contributed by atoms with Crippen LogP contribution in [-0.2, 0) is 0 Å². The average Bonchev–Trinajstić information content (AvgIpc) is 2.91. The Bertz CT molecular complexity index is 439. The highest BCUT2D eigenvalue weighted by molar-refractivity contribution is 6.31. The summed E-state index contributed by atoms with van der Waals surface area (Å²) in [6.07, 6.45) is 5.37. The predicted molar refractivity (Wildman–Crippen MR) is 86.0 cm³/mol. The van der Waals surface area contributed by atoms with Crippen LogP contribution in [0.1, 0.15) is 56.6 Å². The molecule has 0 saturated heterocycles. The number of hydrogen-bond donors (Lipinski definition) is 1. The number of aryl methyl sites for hydroxylation is 1. The number of benzene rings is 1. The normalized spacial score (nSPS) is 16.1. The first-order chi connectivity index (χ1) is 9.58. The Labute approximate surface area is 127 Å². The maximum Gasteiger partial charge on any atom is 0.123 e. The summed E-state index contributed by atoms with van der Waals surface area (Å²) in [6, 6.07) is 4.81. The molecule has 0 heterocycles. The van der Waals surface area contributed by atoms with Gasteiger partial charge in [0.1, 0.15) is 12.4 Å². The van der Waals surface area contributed by atoms with E-state index in [1.807, 2.05) is 13.0 Å². The number of hydrogen-bond acceptors (Lipinski definition) is 2. The number of halogens is 1. The number of ether oxygens (including phenoxy) is 1. The van der Waals surface area contributed by atoms with Crippen molar-refractivity contribution in [2.75, 3.05) is 13.2 Å². The van der Waals surface area contributed by atoms with Gasteiger partial charge in [-0.3, -0.25) is 0 Å². The topological polar surface area (TPSA) is 21.3 Å². The maximum absolute atomic E-state index is 6.21. The molecule has 0 amide bonds. The molecule has 20 heavy (non-hydrogen) atoms. The minimum Gasteiger partial charge on any atom is -0.492 e. The molecule has 1 aromatic carbocycles. The highest BCUT2D eigenvalue weighted by Crippen LogP contribution is 2.31. The number of nitrogens with one attached hydrogen (secondary N) is 1. The monoisotopic (exact) mass is 295 g/mol. The molecule has 1 saturated carbocycles. The Morgan fingerprint density at radius 1 is 1.30 bits per heavy atom. The van der Waals surface area contributed by atoms with Gasteiger partial charge < -0.3 is 10.1 Å². The van der Waals surface area contributed by atoms with Crippen LogP contribution in [0.15, 0.2) is 12.1 Å². The van der Waals surface area contributed by atoms with Crippen molar-refractivity contribution in [2.24, 2.45) is 0 Å². The van der Waals surface area contributed by atoms with Crippen molar-refractivity contribution in [2.45, 2.75) is 58.4 Å². The molecular weight excluding hydrogens is 270 g/mol. The van der Waals surface area contributed by atoms with E-state index in [-0.39, 0.29) is 0 Å². The zero-order valence-electron chi connectivity index (χ0n) is 12.8. The van der Waals surface area contributed by atoms with Crippen LogP contribution in [0.5, 0.6) is 5.75 Å². The molecule has 0 bridgehead atoms. The van der Waals surface area contributed by atoms with Gasteiger partial charge in [0.2, 0.25) is 0 Å². The zero-order valence-corrected chi connectivity index (χ0v) is 13.6. The largest absolute Gasteiger partial charge is 0.492 e. The van der Waals surface area contributed by atoms with Gasteiger partial charge in [-0.15, -0.1) is 0 Å². The minimum atomic E-state index is 0.422. The molecule has 1 N–H and O–H groups in total. The second-order valence-corrected chi connectivity index (χ2v) is 6.49. The van der Waals surface area contributed by atoms with Gasteiger partial charge in [-0.1, -0.05) is 38.3 Å². The van der Waals surface area contributed by atoms with Crippen molar-refractivity contribution in [3.05, 3.63) is 28.3 Å². The van der Waals surface area contributed by atoms with Gasteiger partial charge in [-0.05, 0) is 48.9 Å². The van der Waals surface area contributed by atoms with E-state index in [2.05, 4.69) is 25.2 Å². The molecule has 0 atom stereocenters. The van der Waals surface area contributed by atoms with Crippen LogP contribution in [0.3, 0.4) is 0 Å². The fourth-order valence-corrected chi connectivity index (χ4v) is 2.97. The van der Waals surface area contributed by atoms with Gasteiger partial charge in [0.15, 0.2) is 0 Å². The van der Waals surface area contributed by atoms with E-state index in [0.29, 0.717) is 12.0 Å². The van der Waals surface area contributed by atoms with Crippen molar-refractivity contribution < 1.29 is 4.74 Å². The van der Waals surface area contributed by atoms with Crippen LogP contribution < -0.4 is 10.1 Å². The van der Waals surface area contributed by atoms with E-state index in [1.165, 1.54) is 31.2 Å². The predicted octanol–water partition coefficient (Wildman–Crippen LogP) is 4.68. The maximum atomic E-state index is 6.21. The lowest BCUT2D eigenvalue weighted by atomic mass is 10.0. The van der Waals surface area contributed by atoms with E-state index in [1.54, 1.807) is 0 Å². The molecule has 1 fully saturated rings. The second-order valence-electron chi connectivity index (χ2n) is 6.08. The van der Waals surface area contributed by atoms with Crippen molar-refractivity contribution in [1.82, 2.24) is 5.32 Å². The summed E-state index contributed by atoms with van der Waals surface area (Å²) in [5, 5.41) is 4.40. The third-order valence-electron chi connectivity index (χ3n) is 4.06. The Morgan fingerprint density at radius 3 is 2.65 bits per heavy atom. The summed E-state index contributed by atoms with van der Waals surface area (Å²) in [6.45, 7) is 8.01. The summed E-state index contributed by atoms with van der Waals surface area (Å²) in [5.41, 5.74) is 2.27. The Morgan fingerprint density at radius 2 is 2.00 bits per heavy atom. The molecule has 112 valence electrons. The van der Waals surface area contributed by atoms with Gasteiger partial charge in [0.25, 0.3) is 0 Å². The van der Waals surface area contributed by atoms with Crippen LogP contribution in [-0.4, -0.2) is 19.2 Å². The molecule has 3 heteroatoms. The van der Waals surface area contributed by atoms with Crippen LogP contribution in [0.4, 0.5) is 0 Å². The van der Waals surface area contributed by atoms with Gasteiger partial charge >= 0.3 is 0 Å². The smallest absolute Gasteiger partial charge is 0.123 e. The van der Waals surface area contributed by atoms with Crippen molar-refractivity contribution >= 4 is 11.6 Å². The molecule has 0 aliphatic heterocycles. The lowest BCUT2D eigenvalue weighted by Crippen LogP contribution is -2.30. The number of rotatable bonds is 6. The van der Waals surface area contributed by atoms with Crippen LogP contribution in [0.2, 0.25) is 5.02 Å². The summed E-state index contributed by atoms with van der Waals surface area (Å²) in [5.74, 6) is 1.40. The van der Waals surface area contributed by atoms with E-state index in [4.69, 9.17) is 16.3 Å². The van der Waals surface area contributed by atoms with Gasteiger partial charge in [-0.25, -0.2) is 0 Å². The van der Waals surface area contributed by atoms with Gasteiger partial charge in [-0.2, -0.15) is 0 Å². The molecule has 1 aliphatic rings. The summed E-state index contributed by atoms with van der Waals surface area (Å²) < 4.78 is 5.97. The molecule has 0 unspecified atom stereocenters. The van der Waals surface area contributed by atoms with E-state index < -0.39 is 0 Å². The first-order valence-electron chi connectivity index (χ1n) is 7.74. The molecule has 0 aromatic heterocycles. The van der Waals surface area contributed by atoms with Crippen LogP contribution >= 0.6 is 11.6 Å². The molecule has 1 aromatic rings. The summed E-state index contributed by atoms with van der Waals surface area (Å²) in [4.78, 5) is 0. The van der Waals surface area contributed by atoms with Gasteiger partial charge in [0, 0.05) is 17.6 Å². The fraction of sp³-hybridized carbons (Fsp3) is 0.647. The Balaban J connectivity index is 1.89. The molecule has 2 rings (SSSR count).